The highest BCUT2D eigenvalue weighted by Gasteiger charge is 2.58. The fraction of sp³-hybridized carbons (Fsp3) is 0.696. The van der Waals surface area contributed by atoms with Crippen molar-refractivity contribution in [1.82, 2.24) is 14.9 Å². The second kappa shape index (κ2) is 8.12. The largest absolute Gasteiger partial charge is 0.339 e. The summed E-state index contributed by atoms with van der Waals surface area (Å²) in [5, 5.41) is 4.19. The van der Waals surface area contributed by atoms with Crippen molar-refractivity contribution in [3.8, 4) is 0 Å². The Balaban J connectivity index is 1.34. The van der Waals surface area contributed by atoms with Crippen LogP contribution in [0.3, 0.4) is 0 Å². The van der Waals surface area contributed by atoms with Gasteiger partial charge in [-0.1, -0.05) is 23.2 Å². The molecule has 5 fully saturated rings. The standard InChI is InChI=1S/C23H31Cl2N3O3S/c1-15-3-2-6-28(15)21(29)13-26-22-9-16-7-17(10-22)12-23(11-16,14-22)27-32(30,31)18-4-5-19(24)20(25)8-18/h4-5,8,15-17,26-27H,2-3,6-7,9-14H2,1H3. The van der Waals surface area contributed by atoms with Crippen molar-refractivity contribution in [2.45, 2.75) is 80.3 Å². The van der Waals surface area contributed by atoms with Gasteiger partial charge in [0.05, 0.1) is 21.5 Å². The van der Waals surface area contributed by atoms with Crippen LogP contribution < -0.4 is 10.0 Å². The summed E-state index contributed by atoms with van der Waals surface area (Å²) >= 11 is 12.1. The smallest absolute Gasteiger partial charge is 0.241 e. The lowest BCUT2D eigenvalue weighted by Crippen LogP contribution is -2.69. The maximum Gasteiger partial charge on any atom is 0.241 e. The lowest BCUT2D eigenvalue weighted by atomic mass is 9.50. The van der Waals surface area contributed by atoms with Gasteiger partial charge in [-0.05, 0) is 88.3 Å². The molecule has 1 saturated heterocycles. The first-order chi connectivity index (χ1) is 15.1. The Hall–Kier alpha value is -0.860. The van der Waals surface area contributed by atoms with Crippen LogP contribution in [0.5, 0.6) is 0 Å². The summed E-state index contributed by atoms with van der Waals surface area (Å²) in [5.74, 6) is 1.11. The SMILES string of the molecule is CC1CCCN1C(=O)CNC12CC3CC(C1)CC(NS(=O)(=O)c1ccc(Cl)c(Cl)c1)(C3)C2. The molecule has 5 aliphatic rings. The Labute approximate surface area is 200 Å². The minimum Gasteiger partial charge on any atom is -0.339 e. The van der Waals surface area contributed by atoms with Crippen molar-refractivity contribution in [2.24, 2.45) is 11.8 Å². The van der Waals surface area contributed by atoms with Crippen molar-refractivity contribution in [3.05, 3.63) is 28.2 Å². The zero-order valence-electron chi connectivity index (χ0n) is 18.4. The first-order valence-corrected chi connectivity index (χ1v) is 13.9. The molecule has 1 amide bonds. The van der Waals surface area contributed by atoms with Crippen LogP contribution >= 0.6 is 23.2 Å². The number of likely N-dealkylation sites (tertiary alicyclic amines) is 1. The van der Waals surface area contributed by atoms with Gasteiger partial charge in [0.25, 0.3) is 0 Å². The van der Waals surface area contributed by atoms with Crippen LogP contribution in [0.25, 0.3) is 0 Å². The third kappa shape index (κ3) is 4.20. The zero-order chi connectivity index (χ0) is 22.7. The predicted molar refractivity (Wildman–Crippen MR) is 125 cm³/mol. The Morgan fingerprint density at radius 1 is 1.12 bits per heavy atom. The fourth-order valence-corrected chi connectivity index (χ4v) is 9.05. The van der Waals surface area contributed by atoms with Gasteiger partial charge in [0.15, 0.2) is 0 Å². The lowest BCUT2D eigenvalue weighted by Gasteiger charge is -2.62. The molecule has 0 radical (unpaired) electrons. The van der Waals surface area contributed by atoms with E-state index in [0.717, 1.165) is 57.9 Å². The van der Waals surface area contributed by atoms with Gasteiger partial charge in [0.1, 0.15) is 0 Å². The van der Waals surface area contributed by atoms with Gasteiger partial charge in [-0.15, -0.1) is 0 Å². The number of hydrogen-bond donors (Lipinski definition) is 2. The second-order valence-electron chi connectivity index (χ2n) is 10.6. The monoisotopic (exact) mass is 499 g/mol. The molecule has 1 aromatic rings. The number of carbonyl (C=O) groups excluding carboxylic acids is 1. The molecule has 6 rings (SSSR count). The van der Waals surface area contributed by atoms with Crippen LogP contribution in [0.1, 0.15) is 58.3 Å². The number of sulfonamides is 1. The third-order valence-corrected chi connectivity index (χ3v) is 10.4. The number of rotatable bonds is 6. The van der Waals surface area contributed by atoms with E-state index < -0.39 is 15.6 Å². The normalized spacial score (nSPS) is 36.1. The minimum atomic E-state index is -3.74. The lowest BCUT2D eigenvalue weighted by molar-refractivity contribution is -0.132. The van der Waals surface area contributed by atoms with E-state index in [1.807, 2.05) is 4.90 Å². The molecule has 0 aromatic heterocycles. The Bertz CT molecular complexity index is 1020. The van der Waals surface area contributed by atoms with Gasteiger partial charge < -0.3 is 10.2 Å². The maximum absolute atomic E-state index is 13.3. The van der Waals surface area contributed by atoms with Crippen LogP contribution in [-0.4, -0.2) is 49.4 Å². The maximum atomic E-state index is 13.3. The number of amides is 1. The van der Waals surface area contributed by atoms with Crippen molar-refractivity contribution >= 4 is 39.1 Å². The number of carbonyl (C=O) groups is 1. The van der Waals surface area contributed by atoms with E-state index >= 15 is 0 Å². The van der Waals surface area contributed by atoms with E-state index in [0.29, 0.717) is 29.4 Å². The van der Waals surface area contributed by atoms with Gasteiger partial charge in [-0.2, -0.15) is 0 Å². The molecule has 0 spiro atoms. The van der Waals surface area contributed by atoms with Crippen molar-refractivity contribution in [3.63, 3.8) is 0 Å². The second-order valence-corrected chi connectivity index (χ2v) is 13.1. The number of nitrogens with zero attached hydrogens (tertiary/aromatic N) is 1. The topological polar surface area (TPSA) is 78.5 Å². The van der Waals surface area contributed by atoms with Crippen LogP contribution in [0.15, 0.2) is 23.1 Å². The number of benzene rings is 1. The van der Waals surface area contributed by atoms with Gasteiger partial charge in [0.2, 0.25) is 15.9 Å². The summed E-state index contributed by atoms with van der Waals surface area (Å²) in [7, 11) is -3.74. The average Bonchev–Trinajstić information content (AvgIpc) is 3.12. The Morgan fingerprint density at radius 2 is 1.81 bits per heavy atom. The van der Waals surface area contributed by atoms with E-state index in [1.165, 1.54) is 18.2 Å². The highest BCUT2D eigenvalue weighted by Crippen LogP contribution is 2.57. The van der Waals surface area contributed by atoms with E-state index in [4.69, 9.17) is 23.2 Å². The summed E-state index contributed by atoms with van der Waals surface area (Å²) in [6, 6.07) is 4.74. The first kappa shape index (κ1) is 22.9. The molecule has 176 valence electrons. The van der Waals surface area contributed by atoms with Crippen LogP contribution in [0.2, 0.25) is 10.0 Å². The van der Waals surface area contributed by atoms with E-state index in [9.17, 15) is 13.2 Å². The predicted octanol–water partition coefficient (Wildman–Crippen LogP) is 3.96. The minimum absolute atomic E-state index is 0.142. The van der Waals surface area contributed by atoms with Crippen LogP contribution in [-0.2, 0) is 14.8 Å². The molecular formula is C23H31Cl2N3O3S. The molecule has 2 N–H and O–H groups in total. The summed E-state index contributed by atoms with van der Waals surface area (Å²) in [4.78, 5) is 15.0. The molecule has 4 saturated carbocycles. The average molecular weight is 500 g/mol. The molecule has 1 aliphatic heterocycles. The molecule has 1 aromatic carbocycles. The van der Waals surface area contributed by atoms with E-state index in [1.54, 1.807) is 0 Å². The van der Waals surface area contributed by atoms with E-state index in [-0.39, 0.29) is 21.4 Å². The quantitative estimate of drug-likeness (QED) is 0.620. The molecule has 6 nitrogen and oxygen atoms in total. The van der Waals surface area contributed by atoms with Crippen molar-refractivity contribution in [1.29, 1.82) is 0 Å². The molecule has 9 heteroatoms. The molecule has 4 bridgehead atoms. The van der Waals surface area contributed by atoms with Crippen LogP contribution in [0.4, 0.5) is 0 Å². The number of halogens is 2. The fourth-order valence-electron chi connectivity index (χ4n) is 7.25. The highest BCUT2D eigenvalue weighted by molar-refractivity contribution is 7.89. The molecule has 1 heterocycles. The van der Waals surface area contributed by atoms with Gasteiger partial charge >= 0.3 is 0 Å². The molecule has 4 aliphatic carbocycles. The summed E-state index contributed by atoms with van der Waals surface area (Å²) in [6.45, 7) is 3.29. The van der Waals surface area contributed by atoms with Crippen molar-refractivity contribution < 1.29 is 13.2 Å². The van der Waals surface area contributed by atoms with Gasteiger partial charge in [-0.25, -0.2) is 13.1 Å². The summed E-state index contributed by atoms with van der Waals surface area (Å²) in [6.07, 6.45) is 7.75. The molecule has 3 atom stereocenters. The number of hydrogen-bond acceptors (Lipinski definition) is 4. The number of nitrogens with one attached hydrogen (secondary N) is 2. The molecular weight excluding hydrogens is 469 g/mol. The molecule has 32 heavy (non-hydrogen) atoms. The summed E-state index contributed by atoms with van der Waals surface area (Å²) < 4.78 is 29.6. The van der Waals surface area contributed by atoms with Crippen molar-refractivity contribution in [2.75, 3.05) is 13.1 Å². The first-order valence-electron chi connectivity index (χ1n) is 11.6. The summed E-state index contributed by atoms with van der Waals surface area (Å²) in [5.41, 5.74) is -0.658. The Morgan fingerprint density at radius 3 is 2.44 bits per heavy atom. The highest BCUT2D eigenvalue weighted by atomic mass is 35.5. The van der Waals surface area contributed by atoms with Crippen LogP contribution in [0, 0.1) is 11.8 Å². The van der Waals surface area contributed by atoms with E-state index in [2.05, 4.69) is 17.0 Å². The van der Waals surface area contributed by atoms with Gasteiger partial charge in [0, 0.05) is 23.7 Å². The van der Waals surface area contributed by atoms with Gasteiger partial charge in [-0.3, -0.25) is 4.79 Å². The zero-order valence-corrected chi connectivity index (χ0v) is 20.7. The molecule has 3 unspecified atom stereocenters. The third-order valence-electron chi connectivity index (χ3n) is 8.10. The Kier molecular flexibility index (Phi) is 5.81.